The molecule has 2 unspecified atom stereocenters. The van der Waals surface area contributed by atoms with E-state index < -0.39 is 0 Å². The van der Waals surface area contributed by atoms with Crippen molar-refractivity contribution < 1.29 is 9.53 Å². The minimum atomic E-state index is -0.0547. The predicted octanol–water partition coefficient (Wildman–Crippen LogP) is 4.83. The third-order valence-corrected chi connectivity index (χ3v) is 6.60. The maximum Gasteiger partial charge on any atom is 0.253 e. The molecule has 0 saturated carbocycles. The van der Waals surface area contributed by atoms with Gasteiger partial charge in [-0.1, -0.05) is 19.4 Å². The molecule has 0 aliphatic heterocycles. The highest BCUT2D eigenvalue weighted by atomic mass is 16.5. The molecule has 1 aromatic carbocycles. The fourth-order valence-electron chi connectivity index (χ4n) is 4.03. The van der Waals surface area contributed by atoms with Crippen LogP contribution in [0.15, 0.2) is 30.5 Å². The lowest BCUT2D eigenvalue weighted by molar-refractivity contribution is 0.0945. The first-order valence-corrected chi connectivity index (χ1v) is 12.5. The van der Waals surface area contributed by atoms with E-state index in [1.165, 1.54) is 16.7 Å². The van der Waals surface area contributed by atoms with Gasteiger partial charge in [0, 0.05) is 31.0 Å². The van der Waals surface area contributed by atoms with E-state index >= 15 is 0 Å². The summed E-state index contributed by atoms with van der Waals surface area (Å²) in [5.74, 6) is 1.29. The standard InChI is InChI=1S/C28H44N4O2/c1-8-24(19-31-28(33)26-12-11-15-29-23(26)5)18-30-22(4)25-13-14-27(21(3)20(25)2)34-17-10-9-16-32(6)7/h11-15,22,24,30H,8-10,16-19H2,1-7H3,(H,31,33). The van der Waals surface area contributed by atoms with Crippen LogP contribution < -0.4 is 15.4 Å². The number of hydrogen-bond acceptors (Lipinski definition) is 5. The van der Waals surface area contributed by atoms with Crippen LogP contribution in [0.25, 0.3) is 0 Å². The fourth-order valence-corrected chi connectivity index (χ4v) is 4.03. The number of hydrogen-bond donors (Lipinski definition) is 2. The number of aromatic nitrogens is 1. The molecule has 2 N–H and O–H groups in total. The summed E-state index contributed by atoms with van der Waals surface area (Å²) in [5.41, 5.74) is 5.18. The molecule has 2 aromatic rings. The second-order valence-electron chi connectivity index (χ2n) is 9.51. The van der Waals surface area contributed by atoms with Crippen LogP contribution in [0.2, 0.25) is 0 Å². The van der Waals surface area contributed by atoms with Crippen LogP contribution in [0, 0.1) is 26.7 Å². The van der Waals surface area contributed by atoms with Gasteiger partial charge in [0.05, 0.1) is 12.2 Å². The molecule has 0 fully saturated rings. The Labute approximate surface area is 206 Å². The third-order valence-electron chi connectivity index (χ3n) is 6.60. The van der Waals surface area contributed by atoms with Crippen molar-refractivity contribution in [2.24, 2.45) is 5.92 Å². The zero-order valence-electron chi connectivity index (χ0n) is 22.2. The number of nitrogens with zero attached hydrogens (tertiary/aromatic N) is 2. The van der Waals surface area contributed by atoms with Crippen LogP contribution >= 0.6 is 0 Å². The number of unbranched alkanes of at least 4 members (excludes halogenated alkanes) is 1. The Morgan fingerprint density at radius 2 is 1.85 bits per heavy atom. The highest BCUT2D eigenvalue weighted by Crippen LogP contribution is 2.28. The molecule has 0 saturated heterocycles. The van der Waals surface area contributed by atoms with Crippen molar-refractivity contribution in [3.05, 3.63) is 58.4 Å². The van der Waals surface area contributed by atoms with Crippen LogP contribution in [0.5, 0.6) is 5.75 Å². The van der Waals surface area contributed by atoms with Gasteiger partial charge in [-0.2, -0.15) is 0 Å². The summed E-state index contributed by atoms with van der Waals surface area (Å²) in [5, 5.41) is 6.75. The van der Waals surface area contributed by atoms with Gasteiger partial charge in [-0.15, -0.1) is 0 Å². The molecule has 0 bridgehead atoms. The summed E-state index contributed by atoms with van der Waals surface area (Å²) in [6.07, 6.45) is 4.91. The summed E-state index contributed by atoms with van der Waals surface area (Å²) in [6, 6.07) is 8.13. The SMILES string of the molecule is CCC(CNC(=O)c1cccnc1C)CNC(C)c1ccc(OCCCCN(C)C)c(C)c1C. The number of amides is 1. The molecule has 6 nitrogen and oxygen atoms in total. The lowest BCUT2D eigenvalue weighted by atomic mass is 9.96. The van der Waals surface area contributed by atoms with Gasteiger partial charge in [0.1, 0.15) is 5.75 Å². The highest BCUT2D eigenvalue weighted by molar-refractivity contribution is 5.95. The lowest BCUT2D eigenvalue weighted by Gasteiger charge is -2.23. The van der Waals surface area contributed by atoms with Crippen LogP contribution in [-0.4, -0.2) is 56.1 Å². The van der Waals surface area contributed by atoms with Gasteiger partial charge in [-0.3, -0.25) is 9.78 Å². The second kappa shape index (κ2) is 14.1. The molecule has 0 aliphatic rings. The van der Waals surface area contributed by atoms with E-state index in [0.717, 1.165) is 50.4 Å². The van der Waals surface area contributed by atoms with Crippen molar-refractivity contribution in [1.82, 2.24) is 20.5 Å². The molecule has 188 valence electrons. The quantitative estimate of drug-likeness (QED) is 0.389. The van der Waals surface area contributed by atoms with Crippen molar-refractivity contribution in [2.45, 2.75) is 59.9 Å². The maximum atomic E-state index is 12.5. The first kappa shape index (κ1) is 27.8. The Kier molecular flexibility index (Phi) is 11.5. The van der Waals surface area contributed by atoms with Crippen molar-refractivity contribution >= 4 is 5.91 Å². The number of aryl methyl sites for hydroxylation is 1. The topological polar surface area (TPSA) is 66.5 Å². The Bertz CT molecular complexity index is 913. The first-order valence-electron chi connectivity index (χ1n) is 12.5. The molecule has 1 amide bonds. The van der Waals surface area contributed by atoms with E-state index in [1.54, 1.807) is 12.3 Å². The van der Waals surface area contributed by atoms with Gasteiger partial charge >= 0.3 is 0 Å². The molecular weight excluding hydrogens is 424 g/mol. The smallest absolute Gasteiger partial charge is 0.253 e. The van der Waals surface area contributed by atoms with Crippen LogP contribution in [0.1, 0.15) is 71.9 Å². The number of carbonyl (C=O) groups excluding carboxylic acids is 1. The fraction of sp³-hybridized carbons (Fsp3) is 0.571. The summed E-state index contributed by atoms with van der Waals surface area (Å²) in [6.45, 7) is 13.9. The largest absolute Gasteiger partial charge is 0.493 e. The van der Waals surface area contributed by atoms with Crippen molar-refractivity contribution in [3.63, 3.8) is 0 Å². The zero-order chi connectivity index (χ0) is 25.1. The predicted molar refractivity (Wildman–Crippen MR) is 141 cm³/mol. The molecule has 1 aromatic heterocycles. The van der Waals surface area contributed by atoms with E-state index in [4.69, 9.17) is 4.74 Å². The maximum absolute atomic E-state index is 12.5. The number of pyridine rings is 1. The summed E-state index contributed by atoms with van der Waals surface area (Å²) in [7, 11) is 4.20. The average molecular weight is 469 g/mol. The molecule has 6 heteroatoms. The third kappa shape index (κ3) is 8.41. The number of nitrogens with one attached hydrogen (secondary N) is 2. The second-order valence-corrected chi connectivity index (χ2v) is 9.51. The number of carbonyl (C=O) groups is 1. The first-order chi connectivity index (χ1) is 16.2. The minimum Gasteiger partial charge on any atom is -0.493 e. The van der Waals surface area contributed by atoms with Crippen LogP contribution in [0.4, 0.5) is 0 Å². The average Bonchev–Trinajstić information content (AvgIpc) is 2.81. The monoisotopic (exact) mass is 468 g/mol. The van der Waals surface area contributed by atoms with E-state index in [0.29, 0.717) is 18.0 Å². The van der Waals surface area contributed by atoms with Gasteiger partial charge in [-0.25, -0.2) is 0 Å². The highest BCUT2D eigenvalue weighted by Gasteiger charge is 2.16. The molecule has 2 rings (SSSR count). The van der Waals surface area contributed by atoms with Gasteiger partial charge in [-0.05, 0) is 102 Å². The molecule has 2 atom stereocenters. The number of benzene rings is 1. The van der Waals surface area contributed by atoms with E-state index in [9.17, 15) is 4.79 Å². The Balaban J connectivity index is 1.86. The zero-order valence-corrected chi connectivity index (χ0v) is 22.2. The van der Waals surface area contributed by atoms with Crippen molar-refractivity contribution in [2.75, 3.05) is 40.3 Å². The lowest BCUT2D eigenvalue weighted by Crippen LogP contribution is -2.35. The molecule has 0 spiro atoms. The van der Waals surface area contributed by atoms with Gasteiger partial charge in [0.15, 0.2) is 0 Å². The normalized spacial score (nSPS) is 13.1. The number of ether oxygens (including phenoxy) is 1. The molecule has 0 aliphatic carbocycles. The molecule has 34 heavy (non-hydrogen) atoms. The summed E-state index contributed by atoms with van der Waals surface area (Å²) >= 11 is 0. The van der Waals surface area contributed by atoms with Gasteiger partial charge in [0.2, 0.25) is 0 Å². The summed E-state index contributed by atoms with van der Waals surface area (Å²) < 4.78 is 6.07. The Morgan fingerprint density at radius 1 is 1.09 bits per heavy atom. The van der Waals surface area contributed by atoms with Gasteiger partial charge in [0.25, 0.3) is 5.91 Å². The van der Waals surface area contributed by atoms with E-state index in [-0.39, 0.29) is 11.9 Å². The van der Waals surface area contributed by atoms with Crippen LogP contribution in [0.3, 0.4) is 0 Å². The van der Waals surface area contributed by atoms with Crippen LogP contribution in [-0.2, 0) is 0 Å². The summed E-state index contributed by atoms with van der Waals surface area (Å²) in [4.78, 5) is 18.9. The van der Waals surface area contributed by atoms with E-state index in [1.807, 2.05) is 13.0 Å². The van der Waals surface area contributed by atoms with Crippen molar-refractivity contribution in [3.8, 4) is 5.75 Å². The molecular formula is C28H44N4O2. The van der Waals surface area contributed by atoms with E-state index in [2.05, 4.69) is 74.4 Å². The molecule has 0 radical (unpaired) electrons. The Hall–Kier alpha value is -2.44. The Morgan fingerprint density at radius 3 is 2.53 bits per heavy atom. The number of rotatable bonds is 14. The van der Waals surface area contributed by atoms with Crippen molar-refractivity contribution in [1.29, 1.82) is 0 Å². The minimum absolute atomic E-state index is 0.0547. The molecule has 1 heterocycles. The van der Waals surface area contributed by atoms with Gasteiger partial charge < -0.3 is 20.3 Å².